The van der Waals surface area contributed by atoms with Crippen LogP contribution in [0, 0.1) is 0 Å². The Bertz CT molecular complexity index is 2960. The molecule has 0 aliphatic carbocycles. The Morgan fingerprint density at radius 1 is 0.218 bits per heavy atom. The molecule has 55 heavy (non-hydrogen) atoms. The van der Waals surface area contributed by atoms with Gasteiger partial charge in [0.05, 0.1) is 0 Å². The van der Waals surface area contributed by atoms with Crippen molar-refractivity contribution in [2.24, 2.45) is 0 Å². The second-order valence-electron chi connectivity index (χ2n) is 14.2. The highest BCUT2D eigenvalue weighted by molar-refractivity contribution is 6.09. The highest BCUT2D eigenvalue weighted by Gasteiger charge is 2.18. The first-order valence-corrected chi connectivity index (χ1v) is 18.9. The number of nitrogens with zero attached hydrogens (tertiary/aromatic N) is 1. The molecule has 10 rings (SSSR count). The molecule has 0 aromatic heterocycles. The summed E-state index contributed by atoms with van der Waals surface area (Å²) in [5, 5.41) is 7.48. The number of rotatable bonds is 7. The first-order chi connectivity index (χ1) is 27.2. The minimum Gasteiger partial charge on any atom is -0.310 e. The van der Waals surface area contributed by atoms with Gasteiger partial charge in [-0.2, -0.15) is 0 Å². The molecule has 0 unspecified atom stereocenters. The highest BCUT2D eigenvalue weighted by atomic mass is 15.1. The summed E-state index contributed by atoms with van der Waals surface area (Å²) in [6, 6.07) is 81.5. The Labute approximate surface area is 322 Å². The van der Waals surface area contributed by atoms with Crippen LogP contribution in [-0.2, 0) is 0 Å². The van der Waals surface area contributed by atoms with Crippen molar-refractivity contribution in [1.29, 1.82) is 0 Å². The van der Waals surface area contributed by atoms with E-state index in [2.05, 4.69) is 229 Å². The molecule has 0 heterocycles. The van der Waals surface area contributed by atoms with Crippen LogP contribution in [0.25, 0.3) is 76.8 Å². The molecule has 1 nitrogen and oxygen atoms in total. The SMILES string of the molecule is c1ccc(-c2ccc(N(c3ccc(-c4cccc(-c5ccc6ccccc6c5)c4)cc3)c3ccc4ccc5ccccc5c4c3)cc2-c2ccccc2)cc1. The molecule has 1 heteroatoms. The zero-order valence-corrected chi connectivity index (χ0v) is 30.3. The van der Waals surface area contributed by atoms with E-state index in [0.717, 1.165) is 17.1 Å². The zero-order chi connectivity index (χ0) is 36.6. The maximum Gasteiger partial charge on any atom is 0.0468 e. The fourth-order valence-electron chi connectivity index (χ4n) is 8.02. The van der Waals surface area contributed by atoms with Gasteiger partial charge >= 0.3 is 0 Å². The van der Waals surface area contributed by atoms with E-state index in [0.29, 0.717) is 0 Å². The molecule has 0 aliphatic rings. The van der Waals surface area contributed by atoms with Crippen molar-refractivity contribution in [2.75, 3.05) is 4.90 Å². The average Bonchev–Trinajstić information content (AvgIpc) is 3.27. The summed E-state index contributed by atoms with van der Waals surface area (Å²) < 4.78 is 0. The van der Waals surface area contributed by atoms with Gasteiger partial charge in [-0.1, -0.05) is 176 Å². The molecule has 0 radical (unpaired) electrons. The van der Waals surface area contributed by atoms with Gasteiger partial charge in [-0.3, -0.25) is 0 Å². The molecule has 0 saturated heterocycles. The van der Waals surface area contributed by atoms with Crippen LogP contribution >= 0.6 is 0 Å². The van der Waals surface area contributed by atoms with E-state index in [4.69, 9.17) is 0 Å². The van der Waals surface area contributed by atoms with E-state index < -0.39 is 0 Å². The Morgan fingerprint density at radius 3 is 1.47 bits per heavy atom. The van der Waals surface area contributed by atoms with E-state index in [1.165, 1.54) is 76.8 Å². The standard InChI is InChI=1S/C54H37N/c1-3-13-40(14-4-1)52-33-32-50(37-53(52)41-15-5-2-6-16-41)55(49-31-28-43-24-23-42-17-9-10-21-51(42)54(43)36-49)48-29-26-39(27-30-48)45-19-11-20-46(34-45)47-25-22-38-12-7-8-18-44(38)35-47/h1-37H. The largest absolute Gasteiger partial charge is 0.310 e. The van der Waals surface area contributed by atoms with Gasteiger partial charge in [-0.25, -0.2) is 0 Å². The summed E-state index contributed by atoms with van der Waals surface area (Å²) in [6.07, 6.45) is 0. The molecule has 10 aromatic carbocycles. The molecule has 258 valence electrons. The van der Waals surface area contributed by atoms with Gasteiger partial charge in [0.1, 0.15) is 0 Å². The lowest BCUT2D eigenvalue weighted by Crippen LogP contribution is -2.10. The Balaban J connectivity index is 1.11. The first kappa shape index (κ1) is 32.4. The average molecular weight is 700 g/mol. The summed E-state index contributed by atoms with van der Waals surface area (Å²) in [5.41, 5.74) is 12.9. The maximum atomic E-state index is 2.40. The molecule has 0 fully saturated rings. The van der Waals surface area contributed by atoms with E-state index in [1.807, 2.05) is 0 Å². The van der Waals surface area contributed by atoms with Crippen molar-refractivity contribution in [3.8, 4) is 44.5 Å². The van der Waals surface area contributed by atoms with Crippen LogP contribution in [0.5, 0.6) is 0 Å². The van der Waals surface area contributed by atoms with E-state index in [9.17, 15) is 0 Å². The molecule has 0 bridgehead atoms. The van der Waals surface area contributed by atoms with E-state index in [1.54, 1.807) is 0 Å². The van der Waals surface area contributed by atoms with Crippen molar-refractivity contribution < 1.29 is 0 Å². The first-order valence-electron chi connectivity index (χ1n) is 18.9. The van der Waals surface area contributed by atoms with Crippen LogP contribution in [0.4, 0.5) is 17.1 Å². The number of anilines is 3. The Hall–Kier alpha value is -7.22. The normalized spacial score (nSPS) is 11.3. The predicted octanol–water partition coefficient (Wildman–Crippen LogP) is 15.3. The Kier molecular flexibility index (Phi) is 8.24. The smallest absolute Gasteiger partial charge is 0.0468 e. The monoisotopic (exact) mass is 699 g/mol. The van der Waals surface area contributed by atoms with Crippen LogP contribution in [0.15, 0.2) is 224 Å². The van der Waals surface area contributed by atoms with Crippen molar-refractivity contribution in [3.05, 3.63) is 224 Å². The minimum absolute atomic E-state index is 1.10. The topological polar surface area (TPSA) is 3.24 Å². The van der Waals surface area contributed by atoms with Crippen LogP contribution in [0.2, 0.25) is 0 Å². The van der Waals surface area contributed by atoms with Crippen LogP contribution in [0.1, 0.15) is 0 Å². The van der Waals surface area contributed by atoms with Crippen LogP contribution < -0.4 is 4.90 Å². The molecule has 0 atom stereocenters. The lowest BCUT2D eigenvalue weighted by atomic mass is 9.93. The molecule has 0 spiro atoms. The summed E-state index contributed by atoms with van der Waals surface area (Å²) >= 11 is 0. The van der Waals surface area contributed by atoms with Gasteiger partial charge < -0.3 is 4.90 Å². The molecular weight excluding hydrogens is 663 g/mol. The number of fused-ring (bicyclic) bond motifs is 4. The number of benzene rings is 10. The van der Waals surface area contributed by atoms with Gasteiger partial charge in [0, 0.05) is 17.1 Å². The van der Waals surface area contributed by atoms with Crippen molar-refractivity contribution in [2.45, 2.75) is 0 Å². The second kappa shape index (κ2) is 14.0. The van der Waals surface area contributed by atoms with Gasteiger partial charge in [0.15, 0.2) is 0 Å². The van der Waals surface area contributed by atoms with Gasteiger partial charge in [0.2, 0.25) is 0 Å². The molecule has 0 aliphatic heterocycles. The summed E-state index contributed by atoms with van der Waals surface area (Å²) in [6.45, 7) is 0. The summed E-state index contributed by atoms with van der Waals surface area (Å²) in [7, 11) is 0. The fraction of sp³-hybridized carbons (Fsp3) is 0. The third-order valence-electron chi connectivity index (χ3n) is 10.8. The number of hydrogen-bond donors (Lipinski definition) is 0. The lowest BCUT2D eigenvalue weighted by Gasteiger charge is -2.27. The zero-order valence-electron chi connectivity index (χ0n) is 30.3. The number of hydrogen-bond acceptors (Lipinski definition) is 1. The minimum atomic E-state index is 1.10. The molecular formula is C54H37N. The summed E-state index contributed by atoms with van der Waals surface area (Å²) in [5.74, 6) is 0. The van der Waals surface area contributed by atoms with Crippen molar-refractivity contribution >= 4 is 49.4 Å². The third kappa shape index (κ3) is 6.22. The van der Waals surface area contributed by atoms with E-state index in [-0.39, 0.29) is 0 Å². The quantitative estimate of drug-likeness (QED) is 0.150. The summed E-state index contributed by atoms with van der Waals surface area (Å²) in [4.78, 5) is 2.40. The van der Waals surface area contributed by atoms with E-state index >= 15 is 0 Å². The molecule has 10 aromatic rings. The molecule has 0 N–H and O–H groups in total. The molecule has 0 amide bonds. The third-order valence-corrected chi connectivity index (χ3v) is 10.8. The second-order valence-corrected chi connectivity index (χ2v) is 14.2. The van der Waals surface area contributed by atoms with Crippen LogP contribution in [-0.4, -0.2) is 0 Å². The maximum absolute atomic E-state index is 2.40. The fourth-order valence-corrected chi connectivity index (χ4v) is 8.02. The molecule has 0 saturated carbocycles. The van der Waals surface area contributed by atoms with Gasteiger partial charge in [0.25, 0.3) is 0 Å². The van der Waals surface area contributed by atoms with Gasteiger partial charge in [-0.05, 0) is 125 Å². The van der Waals surface area contributed by atoms with Gasteiger partial charge in [-0.15, -0.1) is 0 Å². The van der Waals surface area contributed by atoms with Crippen molar-refractivity contribution in [3.63, 3.8) is 0 Å². The highest BCUT2D eigenvalue weighted by Crippen LogP contribution is 2.42. The van der Waals surface area contributed by atoms with Crippen molar-refractivity contribution in [1.82, 2.24) is 0 Å². The predicted molar refractivity (Wildman–Crippen MR) is 235 cm³/mol. The lowest BCUT2D eigenvalue weighted by molar-refractivity contribution is 1.29. The Morgan fingerprint density at radius 2 is 0.709 bits per heavy atom. The van der Waals surface area contributed by atoms with Crippen LogP contribution in [0.3, 0.4) is 0 Å².